The van der Waals surface area contributed by atoms with E-state index in [1.807, 2.05) is 13.8 Å². The summed E-state index contributed by atoms with van der Waals surface area (Å²) in [4.78, 5) is 0. The van der Waals surface area contributed by atoms with E-state index in [0.29, 0.717) is 11.3 Å². The number of halogens is 1. The van der Waals surface area contributed by atoms with Crippen molar-refractivity contribution in [2.45, 2.75) is 19.8 Å². The van der Waals surface area contributed by atoms with E-state index in [2.05, 4.69) is 0 Å². The van der Waals surface area contributed by atoms with Gasteiger partial charge in [0.2, 0.25) is 0 Å². The molecule has 0 bridgehead atoms. The van der Waals surface area contributed by atoms with Crippen molar-refractivity contribution >= 4 is 0 Å². The van der Waals surface area contributed by atoms with Gasteiger partial charge in [-0.2, -0.15) is 0 Å². The van der Waals surface area contributed by atoms with Gasteiger partial charge in [0.15, 0.2) is 0 Å². The molecule has 2 heteroatoms. The standard InChI is InChI=1S/C10H13FO/c1-7(2)10-8(11)5-4-6-9(10)12-3/h4-7H,1-3H3. The highest BCUT2D eigenvalue weighted by Crippen LogP contribution is 2.28. The van der Waals surface area contributed by atoms with Gasteiger partial charge in [0.1, 0.15) is 11.6 Å². The molecule has 0 radical (unpaired) electrons. The molecule has 0 aromatic heterocycles. The Balaban J connectivity index is 3.20. The zero-order valence-corrected chi connectivity index (χ0v) is 7.60. The summed E-state index contributed by atoms with van der Waals surface area (Å²) < 4.78 is 18.3. The van der Waals surface area contributed by atoms with Crippen molar-refractivity contribution < 1.29 is 9.13 Å². The van der Waals surface area contributed by atoms with Crippen LogP contribution in [0.2, 0.25) is 0 Å². The van der Waals surface area contributed by atoms with Crippen LogP contribution in [0.5, 0.6) is 5.75 Å². The highest BCUT2D eigenvalue weighted by atomic mass is 19.1. The van der Waals surface area contributed by atoms with Gasteiger partial charge in [0.05, 0.1) is 7.11 Å². The predicted octanol–water partition coefficient (Wildman–Crippen LogP) is 2.96. The molecule has 0 saturated carbocycles. The van der Waals surface area contributed by atoms with Crippen LogP contribution in [0.15, 0.2) is 18.2 Å². The molecule has 1 aromatic rings. The van der Waals surface area contributed by atoms with Gasteiger partial charge >= 0.3 is 0 Å². The first-order chi connectivity index (χ1) is 5.66. The maximum Gasteiger partial charge on any atom is 0.130 e. The summed E-state index contributed by atoms with van der Waals surface area (Å²) >= 11 is 0. The van der Waals surface area contributed by atoms with Crippen molar-refractivity contribution in [2.24, 2.45) is 0 Å². The summed E-state index contributed by atoms with van der Waals surface area (Å²) in [5, 5.41) is 0. The van der Waals surface area contributed by atoms with E-state index in [9.17, 15) is 4.39 Å². The van der Waals surface area contributed by atoms with E-state index in [4.69, 9.17) is 4.74 Å². The fourth-order valence-electron chi connectivity index (χ4n) is 1.26. The first kappa shape index (κ1) is 9.04. The van der Waals surface area contributed by atoms with Crippen LogP contribution in [-0.4, -0.2) is 7.11 Å². The molecular formula is C10H13FO. The fraction of sp³-hybridized carbons (Fsp3) is 0.400. The molecule has 0 N–H and O–H groups in total. The lowest BCUT2D eigenvalue weighted by Crippen LogP contribution is -1.97. The lowest BCUT2D eigenvalue weighted by Gasteiger charge is -2.11. The number of rotatable bonds is 2. The largest absolute Gasteiger partial charge is 0.496 e. The van der Waals surface area contributed by atoms with Gasteiger partial charge in [-0.3, -0.25) is 0 Å². The van der Waals surface area contributed by atoms with Gasteiger partial charge in [0.25, 0.3) is 0 Å². The van der Waals surface area contributed by atoms with Crippen molar-refractivity contribution in [1.82, 2.24) is 0 Å². The number of hydrogen-bond acceptors (Lipinski definition) is 1. The molecule has 0 aliphatic carbocycles. The number of ether oxygens (including phenoxy) is 1. The third-order valence-electron chi connectivity index (χ3n) is 1.81. The van der Waals surface area contributed by atoms with Crippen molar-refractivity contribution in [1.29, 1.82) is 0 Å². The number of hydrogen-bond donors (Lipinski definition) is 0. The van der Waals surface area contributed by atoms with E-state index in [1.165, 1.54) is 6.07 Å². The Kier molecular flexibility index (Phi) is 2.69. The monoisotopic (exact) mass is 168 g/mol. The van der Waals surface area contributed by atoms with Crippen LogP contribution in [0.25, 0.3) is 0 Å². The Labute approximate surface area is 72.2 Å². The van der Waals surface area contributed by atoms with Crippen molar-refractivity contribution in [2.75, 3.05) is 7.11 Å². The highest BCUT2D eigenvalue weighted by Gasteiger charge is 2.11. The third-order valence-corrected chi connectivity index (χ3v) is 1.81. The van der Waals surface area contributed by atoms with Crippen molar-refractivity contribution in [3.63, 3.8) is 0 Å². The summed E-state index contributed by atoms with van der Waals surface area (Å²) in [6.07, 6.45) is 0. The highest BCUT2D eigenvalue weighted by molar-refractivity contribution is 5.36. The molecular weight excluding hydrogens is 155 g/mol. The quantitative estimate of drug-likeness (QED) is 0.659. The van der Waals surface area contributed by atoms with Crippen LogP contribution in [0.4, 0.5) is 4.39 Å². The Hall–Kier alpha value is -1.05. The minimum Gasteiger partial charge on any atom is -0.496 e. The Morgan fingerprint density at radius 3 is 2.42 bits per heavy atom. The Bertz CT molecular complexity index is 269. The fourth-order valence-corrected chi connectivity index (χ4v) is 1.26. The van der Waals surface area contributed by atoms with E-state index in [1.54, 1.807) is 19.2 Å². The van der Waals surface area contributed by atoms with E-state index < -0.39 is 0 Å². The van der Waals surface area contributed by atoms with E-state index >= 15 is 0 Å². The number of benzene rings is 1. The minimum absolute atomic E-state index is 0.154. The van der Waals surface area contributed by atoms with E-state index in [-0.39, 0.29) is 11.7 Å². The lowest BCUT2D eigenvalue weighted by atomic mass is 10.0. The topological polar surface area (TPSA) is 9.23 Å². The zero-order valence-electron chi connectivity index (χ0n) is 7.60. The Morgan fingerprint density at radius 2 is 2.00 bits per heavy atom. The Morgan fingerprint density at radius 1 is 1.33 bits per heavy atom. The van der Waals surface area contributed by atoms with Gasteiger partial charge in [-0.1, -0.05) is 19.9 Å². The molecule has 1 aromatic carbocycles. The first-order valence-electron chi connectivity index (χ1n) is 3.99. The van der Waals surface area contributed by atoms with Gasteiger partial charge in [0, 0.05) is 5.56 Å². The second-order valence-electron chi connectivity index (χ2n) is 3.01. The second-order valence-corrected chi connectivity index (χ2v) is 3.01. The summed E-state index contributed by atoms with van der Waals surface area (Å²) in [6, 6.07) is 4.89. The molecule has 66 valence electrons. The molecule has 0 aliphatic rings. The van der Waals surface area contributed by atoms with Crippen LogP contribution in [0.3, 0.4) is 0 Å². The molecule has 12 heavy (non-hydrogen) atoms. The smallest absolute Gasteiger partial charge is 0.130 e. The molecule has 0 spiro atoms. The molecule has 0 heterocycles. The summed E-state index contributed by atoms with van der Waals surface area (Å²) in [6.45, 7) is 3.89. The average Bonchev–Trinajstić information content (AvgIpc) is 2.03. The predicted molar refractivity (Wildman–Crippen MR) is 47.0 cm³/mol. The van der Waals surface area contributed by atoms with Gasteiger partial charge in [-0.05, 0) is 18.1 Å². The summed E-state index contributed by atoms with van der Waals surface area (Å²) in [5.74, 6) is 0.593. The average molecular weight is 168 g/mol. The maximum absolute atomic E-state index is 13.2. The van der Waals surface area contributed by atoms with Gasteiger partial charge < -0.3 is 4.74 Å². The summed E-state index contributed by atoms with van der Waals surface area (Å²) in [7, 11) is 1.56. The van der Waals surface area contributed by atoms with Gasteiger partial charge in [-0.25, -0.2) is 4.39 Å². The molecule has 0 unspecified atom stereocenters. The van der Waals surface area contributed by atoms with Crippen molar-refractivity contribution in [3.8, 4) is 5.75 Å². The molecule has 1 nitrogen and oxygen atoms in total. The lowest BCUT2D eigenvalue weighted by molar-refractivity contribution is 0.401. The van der Waals surface area contributed by atoms with Crippen LogP contribution >= 0.6 is 0 Å². The SMILES string of the molecule is COc1cccc(F)c1C(C)C. The van der Waals surface area contributed by atoms with Crippen LogP contribution in [-0.2, 0) is 0 Å². The van der Waals surface area contributed by atoms with Crippen LogP contribution < -0.4 is 4.74 Å². The molecule has 0 atom stereocenters. The first-order valence-corrected chi connectivity index (χ1v) is 3.99. The molecule has 0 fully saturated rings. The van der Waals surface area contributed by atoms with Crippen molar-refractivity contribution in [3.05, 3.63) is 29.6 Å². The van der Waals surface area contributed by atoms with E-state index in [0.717, 1.165) is 0 Å². The maximum atomic E-state index is 13.2. The molecule has 0 saturated heterocycles. The minimum atomic E-state index is -0.190. The van der Waals surface area contributed by atoms with Crippen LogP contribution in [0, 0.1) is 5.82 Å². The number of methoxy groups -OCH3 is 1. The molecule has 0 amide bonds. The zero-order chi connectivity index (χ0) is 9.14. The van der Waals surface area contributed by atoms with Crippen LogP contribution in [0.1, 0.15) is 25.3 Å². The summed E-state index contributed by atoms with van der Waals surface area (Å²) in [5.41, 5.74) is 0.653. The normalized spacial score (nSPS) is 10.4. The second kappa shape index (κ2) is 3.57. The third kappa shape index (κ3) is 1.58. The molecule has 0 aliphatic heterocycles. The van der Waals surface area contributed by atoms with Gasteiger partial charge in [-0.15, -0.1) is 0 Å². The molecule has 1 rings (SSSR count).